The fourth-order valence-electron chi connectivity index (χ4n) is 0.844. The lowest BCUT2D eigenvalue weighted by atomic mass is 10.3. The summed E-state index contributed by atoms with van der Waals surface area (Å²) < 4.78 is 2.09. The zero-order valence-corrected chi connectivity index (χ0v) is 11.3. The summed E-state index contributed by atoms with van der Waals surface area (Å²) in [4.78, 5) is 2.09. The third kappa shape index (κ3) is 3.88. The summed E-state index contributed by atoms with van der Waals surface area (Å²) in [5.41, 5.74) is 0. The number of thiocarbonyl (C=S) groups is 1. The zero-order valence-electron chi connectivity index (χ0n) is 9.65. The molecule has 82 valence electrons. The summed E-state index contributed by atoms with van der Waals surface area (Å²) in [6, 6.07) is 0.806. The van der Waals surface area contributed by atoms with Gasteiger partial charge in [-0.2, -0.15) is 0 Å². The Morgan fingerprint density at radius 2 is 1.79 bits per heavy atom. The molecule has 0 N–H and O–H groups in total. The summed E-state index contributed by atoms with van der Waals surface area (Å²) in [5, 5.41) is 2.67. The number of nitrogens with zero attached hydrogens (tertiary/aromatic N) is 2. The van der Waals surface area contributed by atoms with Gasteiger partial charge in [0.05, 0.1) is 0 Å². The molecular formula is C10H20N2S2. The van der Waals surface area contributed by atoms with E-state index in [0.717, 1.165) is 5.11 Å². The van der Waals surface area contributed by atoms with Gasteiger partial charge in [0.15, 0.2) is 5.11 Å². The summed E-state index contributed by atoms with van der Waals surface area (Å²) in [5.74, 6) is 0. The summed E-state index contributed by atoms with van der Waals surface area (Å²) in [6.45, 7) is 12.2. The van der Waals surface area contributed by atoms with Crippen LogP contribution in [-0.2, 0) is 0 Å². The molecule has 0 bridgehead atoms. The van der Waals surface area contributed by atoms with Gasteiger partial charge in [-0.25, -0.2) is 0 Å². The quantitative estimate of drug-likeness (QED) is 0.542. The molecule has 0 aromatic rings. The first-order valence-electron chi connectivity index (χ1n) is 4.75. The molecule has 14 heavy (non-hydrogen) atoms. The normalized spacial score (nSPS) is 10.5. The van der Waals surface area contributed by atoms with E-state index >= 15 is 0 Å². The standard InChI is InChI=1S/C10H20N2S2/c1-7-14-12(9(4)5)10(13)11(6)8(2)3/h7-9H,1H2,2-6H3. The molecule has 0 atom stereocenters. The topological polar surface area (TPSA) is 6.48 Å². The monoisotopic (exact) mass is 232 g/mol. The molecule has 0 saturated carbocycles. The highest BCUT2D eigenvalue weighted by Gasteiger charge is 2.18. The van der Waals surface area contributed by atoms with Crippen molar-refractivity contribution >= 4 is 29.3 Å². The Morgan fingerprint density at radius 3 is 2.07 bits per heavy atom. The van der Waals surface area contributed by atoms with Crippen LogP contribution in [0, 0.1) is 0 Å². The van der Waals surface area contributed by atoms with Crippen molar-refractivity contribution < 1.29 is 0 Å². The van der Waals surface area contributed by atoms with Crippen LogP contribution in [0.2, 0.25) is 0 Å². The first-order valence-corrected chi connectivity index (χ1v) is 6.00. The van der Waals surface area contributed by atoms with Crippen LogP contribution in [0.25, 0.3) is 0 Å². The lowest BCUT2D eigenvalue weighted by Crippen LogP contribution is -2.43. The van der Waals surface area contributed by atoms with E-state index in [1.54, 1.807) is 17.4 Å². The third-order valence-corrected chi connectivity index (χ3v) is 3.49. The Hall–Kier alpha value is -0.220. The van der Waals surface area contributed by atoms with Crippen LogP contribution in [0.3, 0.4) is 0 Å². The predicted octanol–water partition coefficient (Wildman–Crippen LogP) is 3.11. The Kier molecular flexibility index (Phi) is 6.20. The van der Waals surface area contributed by atoms with Gasteiger partial charge < -0.3 is 4.90 Å². The van der Waals surface area contributed by atoms with E-state index in [-0.39, 0.29) is 0 Å². The minimum Gasteiger partial charge on any atom is -0.349 e. The van der Waals surface area contributed by atoms with Crippen molar-refractivity contribution in [3.05, 3.63) is 12.0 Å². The smallest absolute Gasteiger partial charge is 0.182 e. The van der Waals surface area contributed by atoms with Gasteiger partial charge >= 0.3 is 0 Å². The molecule has 0 saturated heterocycles. The van der Waals surface area contributed by atoms with Crippen LogP contribution in [0.15, 0.2) is 12.0 Å². The second-order valence-electron chi connectivity index (χ2n) is 3.68. The minimum absolute atomic E-state index is 0.381. The van der Waals surface area contributed by atoms with Gasteiger partial charge in [0.2, 0.25) is 0 Å². The van der Waals surface area contributed by atoms with E-state index in [1.165, 1.54) is 0 Å². The van der Waals surface area contributed by atoms with E-state index in [2.05, 4.69) is 43.5 Å². The van der Waals surface area contributed by atoms with Crippen molar-refractivity contribution in [2.75, 3.05) is 7.05 Å². The van der Waals surface area contributed by atoms with Gasteiger partial charge in [-0.3, -0.25) is 4.31 Å². The summed E-state index contributed by atoms with van der Waals surface area (Å²) in [6.07, 6.45) is 0. The maximum absolute atomic E-state index is 5.40. The van der Waals surface area contributed by atoms with Gasteiger partial charge in [-0.1, -0.05) is 6.58 Å². The average molecular weight is 232 g/mol. The van der Waals surface area contributed by atoms with Gasteiger partial charge in [0.25, 0.3) is 0 Å². The molecule has 0 radical (unpaired) electrons. The third-order valence-electron chi connectivity index (χ3n) is 1.92. The van der Waals surface area contributed by atoms with Crippen molar-refractivity contribution in [1.29, 1.82) is 0 Å². The van der Waals surface area contributed by atoms with Crippen molar-refractivity contribution in [1.82, 2.24) is 9.21 Å². The molecule has 0 unspecified atom stereocenters. The van der Waals surface area contributed by atoms with E-state index in [1.807, 2.05) is 7.05 Å². The van der Waals surface area contributed by atoms with Gasteiger partial charge in [-0.05, 0) is 57.3 Å². The van der Waals surface area contributed by atoms with Gasteiger partial charge in [0.1, 0.15) is 0 Å². The van der Waals surface area contributed by atoms with Gasteiger partial charge in [-0.15, -0.1) is 0 Å². The highest BCUT2D eigenvalue weighted by molar-refractivity contribution is 8.01. The Bertz CT molecular complexity index is 202. The molecule has 0 aromatic heterocycles. The van der Waals surface area contributed by atoms with E-state index in [9.17, 15) is 0 Å². The highest BCUT2D eigenvalue weighted by Crippen LogP contribution is 2.18. The van der Waals surface area contributed by atoms with Crippen LogP contribution in [0.1, 0.15) is 27.7 Å². The summed E-state index contributed by atoms with van der Waals surface area (Å²) >= 11 is 6.95. The van der Waals surface area contributed by atoms with E-state index in [4.69, 9.17) is 12.2 Å². The SMILES string of the molecule is C=CSN(C(=S)N(C)C(C)C)C(C)C. The molecule has 4 heteroatoms. The second-order valence-corrected chi connectivity index (χ2v) is 4.98. The molecule has 0 heterocycles. The lowest BCUT2D eigenvalue weighted by Gasteiger charge is -2.34. The fourth-order valence-corrected chi connectivity index (χ4v) is 2.02. The highest BCUT2D eigenvalue weighted by atomic mass is 32.2. The van der Waals surface area contributed by atoms with Crippen LogP contribution >= 0.6 is 24.2 Å². The fraction of sp³-hybridized carbons (Fsp3) is 0.700. The number of hydrogen-bond acceptors (Lipinski definition) is 2. The molecule has 0 aliphatic rings. The molecule has 0 aliphatic carbocycles. The van der Waals surface area contributed by atoms with Crippen LogP contribution in [-0.4, -0.2) is 33.4 Å². The maximum Gasteiger partial charge on any atom is 0.182 e. The van der Waals surface area contributed by atoms with E-state index < -0.39 is 0 Å². The first kappa shape index (κ1) is 13.8. The van der Waals surface area contributed by atoms with Crippen molar-refractivity contribution in [3.63, 3.8) is 0 Å². The Labute approximate surface area is 97.5 Å². The van der Waals surface area contributed by atoms with Crippen LogP contribution in [0.4, 0.5) is 0 Å². The molecule has 0 fully saturated rings. The molecule has 0 amide bonds. The van der Waals surface area contributed by atoms with Crippen molar-refractivity contribution in [2.24, 2.45) is 0 Å². The van der Waals surface area contributed by atoms with Crippen molar-refractivity contribution in [2.45, 2.75) is 39.8 Å². The molecule has 0 aromatic carbocycles. The Balaban J connectivity index is 4.50. The maximum atomic E-state index is 5.40. The zero-order chi connectivity index (χ0) is 11.3. The molecular weight excluding hydrogens is 212 g/mol. The second kappa shape index (κ2) is 6.30. The van der Waals surface area contributed by atoms with Gasteiger partial charge in [0, 0.05) is 19.1 Å². The predicted molar refractivity (Wildman–Crippen MR) is 70.3 cm³/mol. The largest absolute Gasteiger partial charge is 0.349 e. The molecule has 0 spiro atoms. The lowest BCUT2D eigenvalue weighted by molar-refractivity contribution is 0.375. The van der Waals surface area contributed by atoms with Crippen LogP contribution < -0.4 is 0 Å². The Morgan fingerprint density at radius 1 is 1.29 bits per heavy atom. The molecule has 0 aliphatic heterocycles. The average Bonchev–Trinajstić information content (AvgIpc) is 2.11. The van der Waals surface area contributed by atoms with E-state index in [0.29, 0.717) is 12.1 Å². The first-order chi connectivity index (χ1) is 6.41. The molecule has 2 nitrogen and oxygen atoms in total. The number of hydrogen-bond donors (Lipinski definition) is 0. The summed E-state index contributed by atoms with van der Waals surface area (Å²) in [7, 11) is 2.02. The minimum atomic E-state index is 0.381. The number of rotatable bonds is 4. The molecule has 0 rings (SSSR count). The van der Waals surface area contributed by atoms with Crippen molar-refractivity contribution in [3.8, 4) is 0 Å². The van der Waals surface area contributed by atoms with Crippen LogP contribution in [0.5, 0.6) is 0 Å².